The van der Waals surface area contributed by atoms with Crippen LogP contribution in [0.15, 0.2) is 42.5 Å². The van der Waals surface area contributed by atoms with Gasteiger partial charge in [-0.2, -0.15) is 0 Å². The van der Waals surface area contributed by atoms with Crippen molar-refractivity contribution in [2.45, 2.75) is 18.5 Å². The maximum absolute atomic E-state index is 13.3. The molecule has 0 saturated carbocycles. The van der Waals surface area contributed by atoms with Crippen LogP contribution < -0.4 is 15.4 Å². The first-order chi connectivity index (χ1) is 15.5. The van der Waals surface area contributed by atoms with Gasteiger partial charge >= 0.3 is 0 Å². The number of rotatable bonds is 6. The average molecular weight is 435 g/mol. The summed E-state index contributed by atoms with van der Waals surface area (Å²) in [6.07, 6.45) is 4.23. The molecule has 2 heterocycles. The summed E-state index contributed by atoms with van der Waals surface area (Å²) < 4.78 is 10.0. The molecular weight excluding hydrogens is 410 g/mol. The highest BCUT2D eigenvalue weighted by molar-refractivity contribution is 6.10. The van der Waals surface area contributed by atoms with Gasteiger partial charge in [-0.3, -0.25) is 14.4 Å². The van der Waals surface area contributed by atoms with E-state index in [1.807, 2.05) is 42.5 Å². The zero-order valence-corrected chi connectivity index (χ0v) is 18.0. The van der Waals surface area contributed by atoms with E-state index in [-0.39, 0.29) is 36.9 Å². The van der Waals surface area contributed by atoms with Crippen molar-refractivity contribution in [3.63, 3.8) is 0 Å². The van der Waals surface area contributed by atoms with Gasteiger partial charge in [0.15, 0.2) is 0 Å². The molecule has 2 aliphatic rings. The first-order valence-corrected chi connectivity index (χ1v) is 10.3. The summed E-state index contributed by atoms with van der Waals surface area (Å²) in [6.45, 7) is 0.214. The molecule has 0 aromatic heterocycles. The molecule has 1 fully saturated rings. The number of benzene rings is 2. The molecule has 0 bridgehead atoms. The Labute approximate surface area is 186 Å². The summed E-state index contributed by atoms with van der Waals surface area (Å²) in [5.74, 6) is 0.0356. The van der Waals surface area contributed by atoms with Gasteiger partial charge in [0.2, 0.25) is 11.8 Å². The summed E-state index contributed by atoms with van der Waals surface area (Å²) in [4.78, 5) is 39.4. The lowest BCUT2D eigenvalue weighted by atomic mass is 10.1. The summed E-state index contributed by atoms with van der Waals surface area (Å²) >= 11 is 0. The number of methoxy groups -OCH3 is 2. The second-order valence-corrected chi connectivity index (χ2v) is 7.81. The van der Waals surface area contributed by atoms with Crippen molar-refractivity contribution in [3.8, 4) is 5.75 Å². The number of nitrogens with zero attached hydrogens (tertiary/aromatic N) is 1. The van der Waals surface area contributed by atoms with Gasteiger partial charge in [-0.05, 0) is 41.8 Å². The molecule has 2 aromatic rings. The number of nitrogens with one attached hydrogen (secondary N) is 2. The molecule has 2 unspecified atom stereocenters. The van der Waals surface area contributed by atoms with Crippen molar-refractivity contribution >= 4 is 35.6 Å². The number of fused-ring (bicyclic) bond motifs is 2. The summed E-state index contributed by atoms with van der Waals surface area (Å²) in [7, 11) is 3.06. The van der Waals surface area contributed by atoms with Crippen LogP contribution in [0.3, 0.4) is 0 Å². The van der Waals surface area contributed by atoms with Gasteiger partial charge < -0.3 is 25.0 Å². The Morgan fingerprint density at radius 2 is 1.84 bits per heavy atom. The predicted molar refractivity (Wildman–Crippen MR) is 120 cm³/mol. The van der Waals surface area contributed by atoms with Crippen LogP contribution in [0, 0.1) is 0 Å². The van der Waals surface area contributed by atoms with E-state index in [4.69, 9.17) is 9.47 Å². The fourth-order valence-corrected chi connectivity index (χ4v) is 4.04. The molecule has 2 aromatic carbocycles. The van der Waals surface area contributed by atoms with Gasteiger partial charge in [-0.15, -0.1) is 0 Å². The Morgan fingerprint density at radius 1 is 1.12 bits per heavy atom. The minimum Gasteiger partial charge on any atom is -0.497 e. The minimum absolute atomic E-state index is 0.0615. The maximum atomic E-state index is 13.3. The monoisotopic (exact) mass is 435 g/mol. The highest BCUT2D eigenvalue weighted by Gasteiger charge is 2.43. The van der Waals surface area contributed by atoms with E-state index >= 15 is 0 Å². The Bertz CT molecular complexity index is 1060. The number of anilines is 1. The quantitative estimate of drug-likeness (QED) is 0.678. The SMILES string of the molecule is COCC(=O)NC1CC2C(=O)Nc3ccc(C=Cc4ccc(OC)cc4)cc3C(=O)N2C1. The lowest BCUT2D eigenvalue weighted by molar-refractivity contribution is -0.125. The van der Waals surface area contributed by atoms with E-state index < -0.39 is 6.04 Å². The Balaban J connectivity index is 1.54. The number of amides is 3. The van der Waals surface area contributed by atoms with E-state index in [1.54, 1.807) is 19.2 Å². The molecule has 32 heavy (non-hydrogen) atoms. The molecular formula is C24H25N3O5. The van der Waals surface area contributed by atoms with E-state index in [9.17, 15) is 14.4 Å². The predicted octanol–water partition coefficient (Wildman–Crippen LogP) is 2.16. The fraction of sp³-hybridized carbons (Fsp3) is 0.292. The Hall–Kier alpha value is -3.65. The van der Waals surface area contributed by atoms with Crippen LogP contribution in [0.4, 0.5) is 5.69 Å². The number of hydrogen-bond acceptors (Lipinski definition) is 5. The molecule has 2 atom stereocenters. The third-order valence-corrected chi connectivity index (χ3v) is 5.62. The van der Waals surface area contributed by atoms with Crippen molar-refractivity contribution in [3.05, 3.63) is 59.2 Å². The Kier molecular flexibility index (Phi) is 6.23. The van der Waals surface area contributed by atoms with E-state index in [1.165, 1.54) is 12.0 Å². The van der Waals surface area contributed by atoms with Crippen molar-refractivity contribution < 1.29 is 23.9 Å². The molecule has 2 aliphatic heterocycles. The number of carbonyl (C=O) groups excluding carboxylic acids is 3. The number of carbonyl (C=O) groups is 3. The van der Waals surface area contributed by atoms with Crippen LogP contribution in [0.1, 0.15) is 27.9 Å². The lowest BCUT2D eigenvalue weighted by Gasteiger charge is -2.20. The summed E-state index contributed by atoms with van der Waals surface area (Å²) in [5, 5.41) is 5.68. The molecule has 2 N–H and O–H groups in total. The van der Waals surface area contributed by atoms with Gasteiger partial charge in [0.05, 0.1) is 18.4 Å². The van der Waals surface area contributed by atoms with Crippen molar-refractivity contribution in [1.29, 1.82) is 0 Å². The van der Waals surface area contributed by atoms with Crippen LogP contribution >= 0.6 is 0 Å². The highest BCUT2D eigenvalue weighted by atomic mass is 16.5. The Morgan fingerprint density at radius 3 is 2.56 bits per heavy atom. The summed E-state index contributed by atoms with van der Waals surface area (Å²) in [6, 6.07) is 12.1. The average Bonchev–Trinajstić information content (AvgIpc) is 3.18. The van der Waals surface area contributed by atoms with Crippen LogP contribution in [-0.2, 0) is 14.3 Å². The summed E-state index contributed by atoms with van der Waals surface area (Å²) in [5.41, 5.74) is 2.76. The zero-order valence-electron chi connectivity index (χ0n) is 18.0. The van der Waals surface area contributed by atoms with Crippen LogP contribution in [0.5, 0.6) is 5.75 Å². The largest absolute Gasteiger partial charge is 0.497 e. The molecule has 8 nitrogen and oxygen atoms in total. The van der Waals surface area contributed by atoms with Crippen LogP contribution in [0.25, 0.3) is 12.2 Å². The van der Waals surface area contributed by atoms with Gasteiger partial charge in [0.1, 0.15) is 18.4 Å². The van der Waals surface area contributed by atoms with Gasteiger partial charge in [-0.25, -0.2) is 0 Å². The van der Waals surface area contributed by atoms with Crippen molar-refractivity contribution in [1.82, 2.24) is 10.2 Å². The van der Waals surface area contributed by atoms with Gasteiger partial charge in [-0.1, -0.05) is 30.4 Å². The lowest BCUT2D eigenvalue weighted by Crippen LogP contribution is -2.41. The van der Waals surface area contributed by atoms with E-state index in [0.29, 0.717) is 17.7 Å². The minimum atomic E-state index is -0.624. The van der Waals surface area contributed by atoms with Crippen LogP contribution in [-0.4, -0.2) is 62.1 Å². The zero-order chi connectivity index (χ0) is 22.7. The number of hydrogen-bond donors (Lipinski definition) is 2. The van der Waals surface area contributed by atoms with Crippen LogP contribution in [0.2, 0.25) is 0 Å². The first kappa shape index (κ1) is 21.6. The molecule has 8 heteroatoms. The fourth-order valence-electron chi connectivity index (χ4n) is 4.04. The smallest absolute Gasteiger partial charge is 0.256 e. The molecule has 0 radical (unpaired) electrons. The second kappa shape index (κ2) is 9.23. The maximum Gasteiger partial charge on any atom is 0.256 e. The normalized spacial score (nSPS) is 19.9. The highest BCUT2D eigenvalue weighted by Crippen LogP contribution is 2.30. The number of ether oxygens (including phenoxy) is 2. The van der Waals surface area contributed by atoms with Crippen molar-refractivity contribution in [2.24, 2.45) is 0 Å². The van der Waals surface area contributed by atoms with Gasteiger partial charge in [0, 0.05) is 19.7 Å². The van der Waals surface area contributed by atoms with Crippen molar-refractivity contribution in [2.75, 3.05) is 32.7 Å². The van der Waals surface area contributed by atoms with E-state index in [2.05, 4.69) is 10.6 Å². The molecule has 4 rings (SSSR count). The molecule has 166 valence electrons. The molecule has 3 amide bonds. The first-order valence-electron chi connectivity index (χ1n) is 10.3. The van der Waals surface area contributed by atoms with E-state index in [0.717, 1.165) is 16.9 Å². The standard InChI is InChI=1S/C24H25N3O5/c1-31-14-22(28)25-17-12-21-23(29)26-20-10-7-16(11-19(20)24(30)27(21)13-17)4-3-15-5-8-18(32-2)9-6-15/h3-11,17,21H,12-14H2,1-2H3,(H,25,28)(H,26,29). The molecule has 0 aliphatic carbocycles. The molecule has 1 saturated heterocycles. The second-order valence-electron chi connectivity index (χ2n) is 7.81. The molecule has 0 spiro atoms. The topological polar surface area (TPSA) is 97.0 Å². The third kappa shape index (κ3) is 4.50. The third-order valence-electron chi connectivity index (χ3n) is 5.62. The van der Waals surface area contributed by atoms with Gasteiger partial charge in [0.25, 0.3) is 5.91 Å².